The lowest BCUT2D eigenvalue weighted by molar-refractivity contribution is 1.31. The molecular weight excluding hydrogens is 368 g/mol. The molecule has 5 rings (SSSR count). The van der Waals surface area contributed by atoms with E-state index in [2.05, 4.69) is 56.3 Å². The fourth-order valence-electron chi connectivity index (χ4n) is 3.64. The van der Waals surface area contributed by atoms with Crippen molar-refractivity contribution in [2.24, 2.45) is 0 Å². The van der Waals surface area contributed by atoms with Crippen molar-refractivity contribution in [3.05, 3.63) is 110 Å². The molecule has 0 saturated carbocycles. The molecule has 1 aromatic carbocycles. The first kappa shape index (κ1) is 17.9. The molecule has 0 aliphatic heterocycles. The van der Waals surface area contributed by atoms with Crippen molar-refractivity contribution in [2.45, 2.75) is 0 Å². The van der Waals surface area contributed by atoms with Crippen LogP contribution in [0.5, 0.6) is 0 Å². The van der Waals surface area contributed by atoms with Crippen molar-refractivity contribution in [3.63, 3.8) is 0 Å². The third kappa shape index (κ3) is 3.47. The Morgan fingerprint density at radius 3 is 0.833 bits per heavy atom. The van der Waals surface area contributed by atoms with Crippen LogP contribution in [0.2, 0.25) is 0 Å². The van der Waals surface area contributed by atoms with E-state index in [1.165, 1.54) is 0 Å². The fourth-order valence-corrected chi connectivity index (χ4v) is 3.64. The maximum atomic E-state index is 4.34. The maximum absolute atomic E-state index is 4.34. The zero-order chi connectivity index (χ0) is 20.2. The van der Waals surface area contributed by atoms with Gasteiger partial charge in [-0.2, -0.15) is 0 Å². The second-order valence-corrected chi connectivity index (χ2v) is 6.91. The molecule has 0 radical (unpaired) electrons. The molecule has 4 heteroatoms. The molecule has 5 aromatic rings. The Morgan fingerprint density at radius 1 is 0.367 bits per heavy atom. The Bertz CT molecular complexity index is 1060. The van der Waals surface area contributed by atoms with Gasteiger partial charge in [-0.3, -0.25) is 19.9 Å². The highest BCUT2D eigenvalue weighted by molar-refractivity contribution is 5.94. The van der Waals surface area contributed by atoms with Gasteiger partial charge in [0.15, 0.2) is 0 Å². The summed E-state index contributed by atoms with van der Waals surface area (Å²) in [6, 6.07) is 20.6. The molecule has 0 bridgehead atoms. The first-order valence-electron chi connectivity index (χ1n) is 9.70. The predicted molar refractivity (Wildman–Crippen MR) is 119 cm³/mol. The van der Waals surface area contributed by atoms with Crippen LogP contribution >= 0.6 is 0 Å². The summed E-state index contributed by atoms with van der Waals surface area (Å²) in [5.41, 5.74) is 8.62. The molecule has 4 nitrogen and oxygen atoms in total. The molecule has 0 spiro atoms. The van der Waals surface area contributed by atoms with Gasteiger partial charge in [-0.15, -0.1) is 0 Å². The average molecular weight is 386 g/mol. The normalized spacial score (nSPS) is 10.7. The highest BCUT2D eigenvalue weighted by Gasteiger charge is 2.16. The Labute approximate surface area is 175 Å². The molecule has 0 atom stereocenters. The average Bonchev–Trinajstić information content (AvgIpc) is 2.85. The van der Waals surface area contributed by atoms with Crippen LogP contribution in [0.4, 0.5) is 0 Å². The monoisotopic (exact) mass is 386 g/mol. The van der Waals surface area contributed by atoms with Crippen LogP contribution in [-0.4, -0.2) is 19.9 Å². The summed E-state index contributed by atoms with van der Waals surface area (Å²) < 4.78 is 0. The molecule has 0 aliphatic rings. The largest absolute Gasteiger partial charge is 0.264 e. The lowest BCUT2D eigenvalue weighted by Crippen LogP contribution is -1.93. The van der Waals surface area contributed by atoms with Crippen LogP contribution in [0.25, 0.3) is 44.5 Å². The quantitative estimate of drug-likeness (QED) is 0.384. The predicted octanol–water partition coefficient (Wildman–Crippen LogP) is 5.93. The lowest BCUT2D eigenvalue weighted by atomic mass is 9.87. The van der Waals surface area contributed by atoms with Gasteiger partial charge >= 0.3 is 0 Å². The molecule has 0 unspecified atom stereocenters. The summed E-state index contributed by atoms with van der Waals surface area (Å²) in [6.07, 6.45) is 14.7. The number of benzene rings is 1. The molecule has 4 aromatic heterocycles. The molecule has 0 amide bonds. The van der Waals surface area contributed by atoms with E-state index < -0.39 is 0 Å². The number of pyridine rings is 4. The summed E-state index contributed by atoms with van der Waals surface area (Å²) in [7, 11) is 0. The standard InChI is InChI=1S/C26H18N4/c1-5-19(15-27-9-1)23-13-25(21-7-3-11-29-17-21)26(22-8-4-12-30-18-22)14-24(23)20-6-2-10-28-16-20/h1-18H. The van der Waals surface area contributed by atoms with Crippen LogP contribution in [0.3, 0.4) is 0 Å². The van der Waals surface area contributed by atoms with Crippen molar-refractivity contribution in [2.75, 3.05) is 0 Å². The van der Waals surface area contributed by atoms with Crippen LogP contribution in [0, 0.1) is 0 Å². The van der Waals surface area contributed by atoms with Crippen LogP contribution < -0.4 is 0 Å². The van der Waals surface area contributed by atoms with Crippen molar-refractivity contribution in [3.8, 4) is 44.5 Å². The first-order chi connectivity index (χ1) is 14.9. The van der Waals surface area contributed by atoms with Gasteiger partial charge < -0.3 is 0 Å². The third-order valence-electron chi connectivity index (χ3n) is 5.05. The molecule has 0 N–H and O–H groups in total. The summed E-state index contributed by atoms with van der Waals surface area (Å²) in [5, 5.41) is 0. The Kier molecular flexibility index (Phi) is 4.80. The Balaban J connectivity index is 1.85. The second kappa shape index (κ2) is 8.05. The van der Waals surface area contributed by atoms with E-state index in [-0.39, 0.29) is 0 Å². The summed E-state index contributed by atoms with van der Waals surface area (Å²) in [6.45, 7) is 0. The van der Waals surface area contributed by atoms with Crippen molar-refractivity contribution < 1.29 is 0 Å². The number of rotatable bonds is 4. The zero-order valence-electron chi connectivity index (χ0n) is 16.2. The van der Waals surface area contributed by atoms with E-state index in [9.17, 15) is 0 Å². The first-order valence-corrected chi connectivity index (χ1v) is 9.70. The minimum Gasteiger partial charge on any atom is -0.264 e. The number of hydrogen-bond acceptors (Lipinski definition) is 4. The van der Waals surface area contributed by atoms with Gasteiger partial charge in [0.05, 0.1) is 0 Å². The highest BCUT2D eigenvalue weighted by atomic mass is 14.6. The molecule has 0 saturated heterocycles. The third-order valence-corrected chi connectivity index (χ3v) is 5.05. The maximum Gasteiger partial charge on any atom is 0.0346 e. The number of hydrogen-bond donors (Lipinski definition) is 0. The van der Waals surface area contributed by atoms with Crippen LogP contribution in [0.1, 0.15) is 0 Å². The molecule has 4 heterocycles. The molecule has 30 heavy (non-hydrogen) atoms. The van der Waals surface area contributed by atoms with Gasteiger partial charge in [-0.25, -0.2) is 0 Å². The molecule has 0 fully saturated rings. The number of aromatic nitrogens is 4. The van der Waals surface area contributed by atoms with E-state index in [0.717, 1.165) is 44.5 Å². The SMILES string of the molecule is c1cncc(-c2cc(-c3cccnc3)c(-c3cccnc3)cc2-c2cccnc2)c1. The van der Waals surface area contributed by atoms with Gasteiger partial charge in [0.1, 0.15) is 0 Å². The minimum absolute atomic E-state index is 1.05. The molecular formula is C26H18N4. The van der Waals surface area contributed by atoms with E-state index >= 15 is 0 Å². The second-order valence-electron chi connectivity index (χ2n) is 6.91. The van der Waals surface area contributed by atoms with Gasteiger partial charge in [-0.05, 0) is 58.7 Å². The summed E-state index contributed by atoms with van der Waals surface area (Å²) in [5.74, 6) is 0. The van der Waals surface area contributed by atoms with Crippen molar-refractivity contribution in [1.29, 1.82) is 0 Å². The highest BCUT2D eigenvalue weighted by Crippen LogP contribution is 2.41. The molecule has 142 valence electrons. The minimum atomic E-state index is 1.05. The van der Waals surface area contributed by atoms with Crippen molar-refractivity contribution >= 4 is 0 Å². The topological polar surface area (TPSA) is 51.6 Å². The van der Waals surface area contributed by atoms with Gasteiger partial charge in [0, 0.05) is 71.8 Å². The van der Waals surface area contributed by atoms with Gasteiger partial charge in [0.25, 0.3) is 0 Å². The number of nitrogens with zero attached hydrogens (tertiary/aromatic N) is 4. The van der Waals surface area contributed by atoms with E-state index in [4.69, 9.17) is 0 Å². The van der Waals surface area contributed by atoms with Gasteiger partial charge in [0.2, 0.25) is 0 Å². The van der Waals surface area contributed by atoms with E-state index in [0.29, 0.717) is 0 Å². The lowest BCUT2D eigenvalue weighted by Gasteiger charge is -2.17. The van der Waals surface area contributed by atoms with E-state index in [1.807, 2.05) is 49.1 Å². The van der Waals surface area contributed by atoms with E-state index in [1.54, 1.807) is 24.8 Å². The summed E-state index contributed by atoms with van der Waals surface area (Å²) in [4.78, 5) is 17.4. The van der Waals surface area contributed by atoms with Crippen LogP contribution in [-0.2, 0) is 0 Å². The zero-order valence-corrected chi connectivity index (χ0v) is 16.2. The molecule has 0 aliphatic carbocycles. The van der Waals surface area contributed by atoms with Crippen LogP contribution in [0.15, 0.2) is 110 Å². The Morgan fingerprint density at radius 2 is 0.633 bits per heavy atom. The fraction of sp³-hybridized carbons (Fsp3) is 0. The van der Waals surface area contributed by atoms with Gasteiger partial charge in [-0.1, -0.05) is 24.3 Å². The van der Waals surface area contributed by atoms with Crippen molar-refractivity contribution in [1.82, 2.24) is 19.9 Å². The Hall–Kier alpha value is -4.18. The smallest absolute Gasteiger partial charge is 0.0346 e. The summed E-state index contributed by atoms with van der Waals surface area (Å²) >= 11 is 0.